The van der Waals surface area contributed by atoms with E-state index in [0.29, 0.717) is 83.7 Å². The zero-order valence-corrected chi connectivity index (χ0v) is 32.5. The lowest BCUT2D eigenvalue weighted by Crippen LogP contribution is -2.62. The summed E-state index contributed by atoms with van der Waals surface area (Å²) in [5, 5.41) is 31.7. The molecular weight excluding hydrogens is 748 g/mol. The number of oxime groups is 1. The zero-order valence-electron chi connectivity index (χ0n) is 32.5. The Morgan fingerprint density at radius 1 is 0.931 bits per heavy atom. The third-order valence-electron chi connectivity index (χ3n) is 10.7. The van der Waals surface area contributed by atoms with Crippen molar-refractivity contribution in [1.29, 1.82) is 5.41 Å². The number of rotatable bonds is 18. The van der Waals surface area contributed by atoms with Gasteiger partial charge in [-0.1, -0.05) is 47.6 Å². The van der Waals surface area contributed by atoms with Crippen LogP contribution < -0.4 is 20.7 Å². The van der Waals surface area contributed by atoms with Crippen molar-refractivity contribution in [2.45, 2.75) is 43.7 Å². The van der Waals surface area contributed by atoms with Crippen LogP contribution in [-0.4, -0.2) is 135 Å². The average Bonchev–Trinajstić information content (AvgIpc) is 3.25. The maximum atomic E-state index is 13.6. The van der Waals surface area contributed by atoms with Gasteiger partial charge < -0.3 is 49.9 Å². The van der Waals surface area contributed by atoms with Gasteiger partial charge in [-0.2, -0.15) is 0 Å². The number of nitrogens with zero attached hydrogens (tertiary/aromatic N) is 4. The molecular formula is C41H52N8O9. The van der Waals surface area contributed by atoms with Crippen LogP contribution in [0.2, 0.25) is 0 Å². The first-order valence-electron chi connectivity index (χ1n) is 19.8. The SMILES string of the molecule is N=C1C(N=O)=CC=C(NCCOCCOCCC(=O)NCCOc2cccc([C@@H](c3ccccc3)C3CCN(C(=O)N4CCC5OCC(=O)N[C@@H]5C4)CC3)c2)/C1=N/O. The van der Waals surface area contributed by atoms with E-state index in [0.717, 1.165) is 24.2 Å². The smallest absolute Gasteiger partial charge is 0.320 e. The fourth-order valence-corrected chi connectivity index (χ4v) is 7.79. The first-order valence-corrected chi connectivity index (χ1v) is 19.8. The number of piperidine rings is 2. The summed E-state index contributed by atoms with van der Waals surface area (Å²) in [6.07, 6.45) is 5.45. The van der Waals surface area contributed by atoms with Crippen molar-refractivity contribution in [3.8, 4) is 5.75 Å². The standard InChI is InChI=1S/C41H52N8O9/c42-39-32(46-53)9-10-33(40(39)47-54)43-15-21-56-24-23-55-20-14-36(50)44-16-22-57-31-8-4-7-30(25-31)38(28-5-2-1-3-6-28)29-11-17-48(18-12-29)41(52)49-19-13-35-34(26-49)45-37(51)27-58-35/h1-10,25,29,34-35,38,42-43,54H,11-24,26-27H2,(H,44,50)(H,45,51)/b42-39?,47-40-/t34-,35?,38+/m1/s1. The van der Waals surface area contributed by atoms with E-state index in [9.17, 15) is 24.5 Å². The van der Waals surface area contributed by atoms with Crippen LogP contribution in [-0.2, 0) is 23.8 Å². The second-order valence-electron chi connectivity index (χ2n) is 14.5. The Morgan fingerprint density at radius 3 is 2.47 bits per heavy atom. The molecule has 6 rings (SSSR count). The number of ether oxygens (including phenoxy) is 4. The number of hydrogen-bond donors (Lipinski definition) is 5. The second-order valence-corrected chi connectivity index (χ2v) is 14.5. The molecule has 0 radical (unpaired) electrons. The van der Waals surface area contributed by atoms with Gasteiger partial charge in [-0.3, -0.25) is 15.0 Å². The molecule has 5 N–H and O–H groups in total. The van der Waals surface area contributed by atoms with E-state index in [-0.39, 0.29) is 72.7 Å². The Kier molecular flexibility index (Phi) is 15.3. The van der Waals surface area contributed by atoms with E-state index in [1.165, 1.54) is 17.7 Å². The molecule has 4 amide bonds. The number of carbonyl (C=O) groups is 3. The molecule has 58 heavy (non-hydrogen) atoms. The molecule has 3 atom stereocenters. The fraction of sp³-hybridized carbons (Fsp3) is 0.488. The summed E-state index contributed by atoms with van der Waals surface area (Å²) in [5.74, 6) is 0.878. The Hall–Kier alpha value is -5.65. The number of hydrogen-bond acceptors (Lipinski definition) is 13. The number of allylic oxidation sites excluding steroid dienone is 4. The maximum Gasteiger partial charge on any atom is 0.320 e. The van der Waals surface area contributed by atoms with Crippen LogP contribution in [0.4, 0.5) is 4.79 Å². The maximum absolute atomic E-state index is 13.6. The van der Waals surface area contributed by atoms with Crippen molar-refractivity contribution in [3.63, 3.8) is 0 Å². The molecule has 0 aromatic heterocycles. The summed E-state index contributed by atoms with van der Waals surface area (Å²) < 4.78 is 22.8. The van der Waals surface area contributed by atoms with E-state index >= 15 is 0 Å². The molecule has 17 nitrogen and oxygen atoms in total. The lowest BCUT2D eigenvalue weighted by molar-refractivity contribution is -0.139. The number of nitrogens with one attached hydrogen (secondary N) is 4. The van der Waals surface area contributed by atoms with Crippen LogP contribution in [0.5, 0.6) is 5.75 Å². The molecule has 2 aromatic carbocycles. The fourth-order valence-electron chi connectivity index (χ4n) is 7.79. The van der Waals surface area contributed by atoms with Gasteiger partial charge in [-0.25, -0.2) is 4.79 Å². The van der Waals surface area contributed by atoms with Gasteiger partial charge in [0.15, 0.2) is 5.71 Å². The zero-order chi connectivity index (χ0) is 40.7. The monoisotopic (exact) mass is 800 g/mol. The second kappa shape index (κ2) is 21.2. The van der Waals surface area contributed by atoms with Crippen LogP contribution in [0.25, 0.3) is 0 Å². The number of carbonyl (C=O) groups excluding carboxylic acids is 3. The number of fused-ring (bicyclic) bond motifs is 1. The van der Waals surface area contributed by atoms with Crippen molar-refractivity contribution in [2.24, 2.45) is 16.3 Å². The van der Waals surface area contributed by atoms with E-state index in [1.54, 1.807) is 0 Å². The molecule has 1 unspecified atom stereocenters. The van der Waals surface area contributed by atoms with Crippen LogP contribution in [0, 0.1) is 16.2 Å². The third kappa shape index (κ3) is 11.3. The predicted molar refractivity (Wildman–Crippen MR) is 214 cm³/mol. The van der Waals surface area contributed by atoms with E-state index in [4.69, 9.17) is 24.4 Å². The van der Waals surface area contributed by atoms with E-state index < -0.39 is 0 Å². The van der Waals surface area contributed by atoms with Crippen molar-refractivity contribution < 1.29 is 38.5 Å². The Balaban J connectivity index is 0.878. The summed E-state index contributed by atoms with van der Waals surface area (Å²) in [6.45, 7) is 4.67. The van der Waals surface area contributed by atoms with Gasteiger partial charge in [0, 0.05) is 45.1 Å². The van der Waals surface area contributed by atoms with Gasteiger partial charge in [-0.05, 0) is 65.8 Å². The van der Waals surface area contributed by atoms with Crippen molar-refractivity contribution in [3.05, 3.63) is 94.2 Å². The molecule has 0 spiro atoms. The minimum Gasteiger partial charge on any atom is -0.492 e. The van der Waals surface area contributed by atoms with Gasteiger partial charge in [0.05, 0.1) is 50.8 Å². The largest absolute Gasteiger partial charge is 0.492 e. The molecule has 4 aliphatic rings. The Labute approximate surface area is 337 Å². The molecule has 1 aliphatic carbocycles. The molecule has 2 aromatic rings. The quantitative estimate of drug-likeness (QED) is 0.0488. The molecule has 3 saturated heterocycles. The molecule has 0 bridgehead atoms. The van der Waals surface area contributed by atoms with Crippen molar-refractivity contribution >= 4 is 29.3 Å². The predicted octanol–water partition coefficient (Wildman–Crippen LogP) is 3.15. The van der Waals surface area contributed by atoms with Crippen LogP contribution in [0.15, 0.2) is 88.5 Å². The van der Waals surface area contributed by atoms with Crippen LogP contribution >= 0.6 is 0 Å². The molecule has 3 aliphatic heterocycles. The van der Waals surface area contributed by atoms with Gasteiger partial charge in [0.1, 0.15) is 30.4 Å². The minimum absolute atomic E-state index is 0.0238. The molecule has 0 saturated carbocycles. The Bertz CT molecular complexity index is 1850. The number of likely N-dealkylation sites (tertiary alicyclic amines) is 2. The number of morpholine rings is 1. The summed E-state index contributed by atoms with van der Waals surface area (Å²) in [7, 11) is 0. The van der Waals surface area contributed by atoms with Gasteiger partial charge in [0.25, 0.3) is 0 Å². The average molecular weight is 801 g/mol. The Morgan fingerprint density at radius 2 is 1.69 bits per heavy atom. The summed E-state index contributed by atoms with van der Waals surface area (Å²) in [5.41, 5.74) is 2.27. The molecule has 3 fully saturated rings. The number of benzene rings is 2. The first kappa shape index (κ1) is 42.0. The lowest BCUT2D eigenvalue weighted by atomic mass is 9.76. The first-order chi connectivity index (χ1) is 28.3. The third-order valence-corrected chi connectivity index (χ3v) is 10.7. The highest BCUT2D eigenvalue weighted by Gasteiger charge is 2.39. The highest BCUT2D eigenvalue weighted by atomic mass is 16.5. The van der Waals surface area contributed by atoms with Crippen molar-refractivity contribution in [1.82, 2.24) is 25.8 Å². The number of amides is 4. The van der Waals surface area contributed by atoms with E-state index in [2.05, 4.69) is 62.7 Å². The molecule has 3 heterocycles. The minimum atomic E-state index is -0.269. The number of nitroso groups, excluding NO2 is 1. The highest BCUT2D eigenvalue weighted by Crippen LogP contribution is 2.39. The van der Waals surface area contributed by atoms with Crippen LogP contribution in [0.3, 0.4) is 0 Å². The number of urea groups is 1. The van der Waals surface area contributed by atoms with Crippen LogP contribution in [0.1, 0.15) is 42.7 Å². The summed E-state index contributed by atoms with van der Waals surface area (Å²) in [4.78, 5) is 52.3. The normalized spacial score (nSPS) is 21.0. The molecule has 17 heteroatoms. The lowest BCUT2D eigenvalue weighted by Gasteiger charge is -2.44. The summed E-state index contributed by atoms with van der Waals surface area (Å²) in [6, 6.07) is 18.4. The van der Waals surface area contributed by atoms with Crippen molar-refractivity contribution in [2.75, 3.05) is 78.9 Å². The molecule has 310 valence electrons. The van der Waals surface area contributed by atoms with Gasteiger partial charge in [0.2, 0.25) is 11.8 Å². The highest BCUT2D eigenvalue weighted by molar-refractivity contribution is 6.52. The van der Waals surface area contributed by atoms with Gasteiger partial charge >= 0.3 is 6.03 Å². The van der Waals surface area contributed by atoms with E-state index in [1.807, 2.05) is 28.0 Å². The summed E-state index contributed by atoms with van der Waals surface area (Å²) >= 11 is 0. The topological polar surface area (TPSA) is 217 Å². The van der Waals surface area contributed by atoms with Gasteiger partial charge in [-0.15, -0.1) is 4.91 Å².